The highest BCUT2D eigenvalue weighted by molar-refractivity contribution is 7.98. The Hall–Kier alpha value is -1.53. The van der Waals surface area contributed by atoms with E-state index in [4.69, 9.17) is 4.74 Å². The van der Waals surface area contributed by atoms with E-state index in [9.17, 15) is 0 Å². The molecule has 3 rings (SSSR count). The maximum atomic E-state index is 5.43. The van der Waals surface area contributed by atoms with Crippen molar-refractivity contribution in [3.05, 3.63) is 35.4 Å². The first kappa shape index (κ1) is 17.3. The van der Waals surface area contributed by atoms with Crippen molar-refractivity contribution in [3.8, 4) is 0 Å². The fraction of sp³-hybridized carbons (Fsp3) is 0.556. The number of rotatable bonds is 6. The molecule has 24 heavy (non-hydrogen) atoms. The summed E-state index contributed by atoms with van der Waals surface area (Å²) >= 11 is 1.76. The van der Waals surface area contributed by atoms with Gasteiger partial charge in [0.1, 0.15) is 0 Å². The molecule has 0 spiro atoms. The van der Waals surface area contributed by atoms with Crippen molar-refractivity contribution in [1.82, 2.24) is 14.8 Å². The number of thioether (sulfide) groups is 1. The quantitative estimate of drug-likeness (QED) is 0.748. The number of ether oxygens (including phenoxy) is 1. The Bertz CT molecular complexity index is 648. The lowest BCUT2D eigenvalue weighted by Gasteiger charge is -2.27. The van der Waals surface area contributed by atoms with Gasteiger partial charge in [0.2, 0.25) is 5.95 Å². The standard InChI is InChI=1S/C18H26N4OS/c1-4-22-17(21-9-11-23-12-10-21)19-20-18(22)24-13-15-5-7-16(8-6-15)14(2)3/h5-8,14H,4,9-13H2,1-3H3. The van der Waals surface area contributed by atoms with Gasteiger partial charge in [-0.05, 0) is 24.0 Å². The van der Waals surface area contributed by atoms with E-state index in [0.29, 0.717) is 5.92 Å². The van der Waals surface area contributed by atoms with Crippen LogP contribution in [0.5, 0.6) is 0 Å². The highest BCUT2D eigenvalue weighted by Gasteiger charge is 2.19. The van der Waals surface area contributed by atoms with Gasteiger partial charge in [0.05, 0.1) is 13.2 Å². The Morgan fingerprint density at radius 3 is 2.46 bits per heavy atom. The summed E-state index contributed by atoms with van der Waals surface area (Å²) in [5.74, 6) is 2.46. The van der Waals surface area contributed by atoms with Crippen LogP contribution < -0.4 is 4.90 Å². The summed E-state index contributed by atoms with van der Waals surface area (Å²) in [6.45, 7) is 10.8. The Labute approximate surface area is 148 Å². The number of anilines is 1. The van der Waals surface area contributed by atoms with Gasteiger partial charge in [0, 0.05) is 25.4 Å². The van der Waals surface area contributed by atoms with Gasteiger partial charge in [-0.1, -0.05) is 49.9 Å². The summed E-state index contributed by atoms with van der Waals surface area (Å²) in [6, 6.07) is 8.89. The minimum absolute atomic E-state index is 0.575. The first-order chi connectivity index (χ1) is 11.7. The Morgan fingerprint density at radius 1 is 1.12 bits per heavy atom. The molecule has 1 aromatic heterocycles. The molecule has 2 aromatic rings. The summed E-state index contributed by atoms with van der Waals surface area (Å²) < 4.78 is 7.64. The molecule has 1 fully saturated rings. The van der Waals surface area contributed by atoms with Crippen LogP contribution in [-0.4, -0.2) is 41.1 Å². The smallest absolute Gasteiger partial charge is 0.228 e. The number of hydrogen-bond donors (Lipinski definition) is 0. The van der Waals surface area contributed by atoms with Crippen LogP contribution in [-0.2, 0) is 17.0 Å². The highest BCUT2D eigenvalue weighted by Crippen LogP contribution is 2.26. The van der Waals surface area contributed by atoms with Crippen LogP contribution in [0.25, 0.3) is 0 Å². The molecule has 1 aliphatic heterocycles. The molecule has 0 aliphatic carbocycles. The van der Waals surface area contributed by atoms with Crippen molar-refractivity contribution < 1.29 is 4.74 Å². The van der Waals surface area contributed by atoms with Crippen LogP contribution in [0.1, 0.15) is 37.8 Å². The summed E-state index contributed by atoms with van der Waals surface area (Å²) in [4.78, 5) is 2.27. The minimum atomic E-state index is 0.575. The maximum Gasteiger partial charge on any atom is 0.228 e. The third-order valence-corrected chi connectivity index (χ3v) is 5.36. The number of morpholine rings is 1. The lowest BCUT2D eigenvalue weighted by molar-refractivity contribution is 0.121. The molecule has 1 aliphatic rings. The molecule has 0 unspecified atom stereocenters. The van der Waals surface area contributed by atoms with Crippen molar-refractivity contribution in [3.63, 3.8) is 0 Å². The van der Waals surface area contributed by atoms with Gasteiger partial charge in [-0.2, -0.15) is 0 Å². The van der Waals surface area contributed by atoms with E-state index in [2.05, 4.69) is 64.7 Å². The lowest BCUT2D eigenvalue weighted by atomic mass is 10.0. The van der Waals surface area contributed by atoms with Gasteiger partial charge in [-0.3, -0.25) is 4.57 Å². The van der Waals surface area contributed by atoms with Crippen LogP contribution in [0.3, 0.4) is 0 Å². The van der Waals surface area contributed by atoms with E-state index in [0.717, 1.165) is 49.7 Å². The van der Waals surface area contributed by atoms with E-state index in [-0.39, 0.29) is 0 Å². The maximum absolute atomic E-state index is 5.43. The summed E-state index contributed by atoms with van der Waals surface area (Å²) in [7, 11) is 0. The summed E-state index contributed by atoms with van der Waals surface area (Å²) in [5.41, 5.74) is 2.71. The second-order valence-corrected chi connectivity index (χ2v) is 7.25. The predicted octanol–water partition coefficient (Wildman–Crippen LogP) is 3.55. The fourth-order valence-corrected chi connectivity index (χ4v) is 3.76. The molecule has 5 nitrogen and oxygen atoms in total. The third kappa shape index (κ3) is 3.92. The van der Waals surface area contributed by atoms with Crippen LogP contribution in [0, 0.1) is 0 Å². The predicted molar refractivity (Wildman–Crippen MR) is 98.8 cm³/mol. The molecule has 0 saturated carbocycles. The Kier molecular flexibility index (Phi) is 5.79. The first-order valence-corrected chi connectivity index (χ1v) is 9.65. The second kappa shape index (κ2) is 8.03. The fourth-order valence-electron chi connectivity index (χ4n) is 2.81. The summed E-state index contributed by atoms with van der Waals surface area (Å²) in [5, 5.41) is 9.83. The van der Waals surface area contributed by atoms with Crippen molar-refractivity contribution in [2.24, 2.45) is 0 Å². The van der Waals surface area contributed by atoms with Crippen molar-refractivity contribution >= 4 is 17.7 Å². The third-order valence-electron chi connectivity index (χ3n) is 4.32. The van der Waals surface area contributed by atoms with E-state index >= 15 is 0 Å². The molecule has 0 amide bonds. The molecule has 1 saturated heterocycles. The van der Waals surface area contributed by atoms with Gasteiger partial charge < -0.3 is 9.64 Å². The van der Waals surface area contributed by atoms with E-state index < -0.39 is 0 Å². The largest absolute Gasteiger partial charge is 0.378 e. The SMILES string of the molecule is CCn1c(SCc2ccc(C(C)C)cc2)nnc1N1CCOCC1. The molecule has 0 bridgehead atoms. The van der Waals surface area contributed by atoms with Gasteiger partial charge in [0.15, 0.2) is 5.16 Å². The molecule has 0 radical (unpaired) electrons. The zero-order valence-corrected chi connectivity index (χ0v) is 15.6. The molecule has 6 heteroatoms. The van der Waals surface area contributed by atoms with Gasteiger partial charge in [0.25, 0.3) is 0 Å². The van der Waals surface area contributed by atoms with Crippen LogP contribution >= 0.6 is 11.8 Å². The van der Waals surface area contributed by atoms with Crippen LogP contribution in [0.15, 0.2) is 29.4 Å². The van der Waals surface area contributed by atoms with E-state index in [1.54, 1.807) is 11.8 Å². The van der Waals surface area contributed by atoms with Crippen LogP contribution in [0.4, 0.5) is 5.95 Å². The Balaban J connectivity index is 1.67. The normalized spacial score (nSPS) is 15.2. The van der Waals surface area contributed by atoms with E-state index in [1.807, 2.05) is 0 Å². The van der Waals surface area contributed by atoms with Gasteiger partial charge in [-0.25, -0.2) is 0 Å². The first-order valence-electron chi connectivity index (χ1n) is 8.66. The number of benzene rings is 1. The topological polar surface area (TPSA) is 43.2 Å². The zero-order chi connectivity index (χ0) is 16.9. The Morgan fingerprint density at radius 2 is 1.83 bits per heavy atom. The second-order valence-electron chi connectivity index (χ2n) is 6.31. The molecule has 1 aromatic carbocycles. The molecule has 0 N–H and O–H groups in total. The summed E-state index contributed by atoms with van der Waals surface area (Å²) in [6.07, 6.45) is 0. The molecule has 130 valence electrons. The van der Waals surface area contributed by atoms with Gasteiger partial charge >= 0.3 is 0 Å². The van der Waals surface area contributed by atoms with E-state index in [1.165, 1.54) is 11.1 Å². The molecule has 2 heterocycles. The molecular formula is C18H26N4OS. The minimum Gasteiger partial charge on any atom is -0.378 e. The number of nitrogens with zero attached hydrogens (tertiary/aromatic N) is 4. The average Bonchev–Trinajstić information content (AvgIpc) is 3.04. The average molecular weight is 347 g/mol. The van der Waals surface area contributed by atoms with Crippen molar-refractivity contribution in [2.75, 3.05) is 31.2 Å². The van der Waals surface area contributed by atoms with Crippen molar-refractivity contribution in [2.45, 2.75) is 44.1 Å². The number of hydrogen-bond acceptors (Lipinski definition) is 5. The zero-order valence-electron chi connectivity index (χ0n) is 14.7. The molecular weight excluding hydrogens is 320 g/mol. The number of aromatic nitrogens is 3. The van der Waals surface area contributed by atoms with Crippen LogP contribution in [0.2, 0.25) is 0 Å². The highest BCUT2D eigenvalue weighted by atomic mass is 32.2. The monoisotopic (exact) mass is 346 g/mol. The molecule has 0 atom stereocenters. The van der Waals surface area contributed by atoms with Crippen molar-refractivity contribution in [1.29, 1.82) is 0 Å². The lowest BCUT2D eigenvalue weighted by Crippen LogP contribution is -2.38. The van der Waals surface area contributed by atoms with Gasteiger partial charge in [-0.15, -0.1) is 10.2 Å².